The average molecular weight is 540 g/mol. The van der Waals surface area contributed by atoms with Crippen molar-refractivity contribution in [3.8, 4) is 17.6 Å². The van der Waals surface area contributed by atoms with E-state index in [0.717, 1.165) is 17.5 Å². The van der Waals surface area contributed by atoms with Gasteiger partial charge in [-0.2, -0.15) is 5.26 Å². The van der Waals surface area contributed by atoms with Crippen molar-refractivity contribution in [3.05, 3.63) is 92.4 Å². The Bertz CT molecular complexity index is 1230. The van der Waals surface area contributed by atoms with Crippen LogP contribution in [0.4, 0.5) is 5.69 Å². The molecule has 174 valence electrons. The molecule has 0 fully saturated rings. The van der Waals surface area contributed by atoms with Crippen molar-refractivity contribution < 1.29 is 14.3 Å². The van der Waals surface area contributed by atoms with Gasteiger partial charge >= 0.3 is 0 Å². The number of carbonyl (C=O) groups is 1. The Labute approximate surface area is 213 Å². The number of nitriles is 1. The van der Waals surface area contributed by atoms with Crippen LogP contribution in [0.25, 0.3) is 6.08 Å². The Balaban J connectivity index is 1.85. The Hall–Kier alpha value is -3.27. The summed E-state index contributed by atoms with van der Waals surface area (Å²) in [7, 11) is 0. The highest BCUT2D eigenvalue weighted by Gasteiger charge is 2.15. The predicted octanol–water partition coefficient (Wildman–Crippen LogP) is 7.19. The number of hydrogen-bond acceptors (Lipinski definition) is 4. The van der Waals surface area contributed by atoms with Crippen LogP contribution < -0.4 is 14.8 Å². The first kappa shape index (κ1) is 25.4. The van der Waals surface area contributed by atoms with Gasteiger partial charge < -0.3 is 14.8 Å². The SMILES string of the molecule is CCOc1cc(/C=C(\C#N)C(=O)Nc2ccccc2CC)cc(Br)c1OCc1ccc(Cl)cc1. The summed E-state index contributed by atoms with van der Waals surface area (Å²) in [5.74, 6) is 0.570. The maximum Gasteiger partial charge on any atom is 0.266 e. The fraction of sp³-hybridized carbons (Fsp3) is 0.185. The number of aryl methyl sites for hydroxylation is 1. The third-order valence-corrected chi connectivity index (χ3v) is 5.79. The molecule has 0 saturated heterocycles. The first-order valence-corrected chi connectivity index (χ1v) is 12.0. The van der Waals surface area contributed by atoms with Crippen LogP contribution >= 0.6 is 27.5 Å². The minimum absolute atomic E-state index is 0.0184. The quantitative estimate of drug-likeness (QED) is 0.231. The topological polar surface area (TPSA) is 71.3 Å². The number of para-hydroxylation sites is 1. The van der Waals surface area contributed by atoms with E-state index in [1.54, 1.807) is 24.3 Å². The molecule has 0 unspecified atom stereocenters. The second-order valence-electron chi connectivity index (χ2n) is 7.31. The van der Waals surface area contributed by atoms with Gasteiger partial charge in [0, 0.05) is 10.7 Å². The van der Waals surface area contributed by atoms with Crippen molar-refractivity contribution in [3.63, 3.8) is 0 Å². The van der Waals surface area contributed by atoms with E-state index in [0.29, 0.717) is 45.5 Å². The fourth-order valence-electron chi connectivity index (χ4n) is 3.27. The first-order chi connectivity index (χ1) is 16.4. The lowest BCUT2D eigenvalue weighted by Crippen LogP contribution is -2.14. The first-order valence-electron chi connectivity index (χ1n) is 10.8. The van der Waals surface area contributed by atoms with Crippen molar-refractivity contribution in [2.24, 2.45) is 0 Å². The number of carbonyl (C=O) groups excluding carboxylic acids is 1. The Morgan fingerprint density at radius 1 is 1.12 bits per heavy atom. The smallest absolute Gasteiger partial charge is 0.266 e. The normalized spacial score (nSPS) is 11.0. The molecule has 5 nitrogen and oxygen atoms in total. The Kier molecular flexibility index (Phi) is 9.15. The summed E-state index contributed by atoms with van der Waals surface area (Å²) in [6.45, 7) is 4.64. The van der Waals surface area contributed by atoms with E-state index in [1.165, 1.54) is 6.08 Å². The fourth-order valence-corrected chi connectivity index (χ4v) is 3.97. The van der Waals surface area contributed by atoms with Gasteiger partial charge in [-0.1, -0.05) is 48.9 Å². The molecular formula is C27H24BrClN2O3. The molecule has 1 N–H and O–H groups in total. The molecule has 1 amide bonds. The van der Waals surface area contributed by atoms with E-state index in [-0.39, 0.29) is 5.57 Å². The largest absolute Gasteiger partial charge is 0.490 e. The molecule has 0 saturated carbocycles. The summed E-state index contributed by atoms with van der Waals surface area (Å²) >= 11 is 9.48. The van der Waals surface area contributed by atoms with E-state index in [9.17, 15) is 10.1 Å². The number of rotatable bonds is 9. The number of benzene rings is 3. The standard InChI is InChI=1S/C27H24BrClN2O3/c1-3-20-7-5-6-8-24(20)31-27(32)21(16-30)13-19-14-23(28)26(25(15-19)33-4-2)34-17-18-9-11-22(29)12-10-18/h5-15H,3-4,17H2,1-2H3,(H,31,32)/b21-13+. The third kappa shape index (κ3) is 6.63. The average Bonchev–Trinajstić information content (AvgIpc) is 2.83. The monoisotopic (exact) mass is 538 g/mol. The zero-order chi connectivity index (χ0) is 24.5. The van der Waals surface area contributed by atoms with Gasteiger partial charge in [0.15, 0.2) is 11.5 Å². The molecule has 0 bridgehead atoms. The Morgan fingerprint density at radius 3 is 2.53 bits per heavy atom. The van der Waals surface area contributed by atoms with E-state index >= 15 is 0 Å². The van der Waals surface area contributed by atoms with Crippen LogP contribution in [0.2, 0.25) is 5.02 Å². The summed E-state index contributed by atoms with van der Waals surface area (Å²) in [6.07, 6.45) is 2.30. The van der Waals surface area contributed by atoms with Gasteiger partial charge in [0.05, 0.1) is 11.1 Å². The molecule has 0 aliphatic heterocycles. The van der Waals surface area contributed by atoms with Crippen molar-refractivity contribution in [2.75, 3.05) is 11.9 Å². The lowest BCUT2D eigenvalue weighted by atomic mass is 10.1. The molecule has 0 aliphatic carbocycles. The zero-order valence-corrected chi connectivity index (χ0v) is 21.2. The summed E-state index contributed by atoms with van der Waals surface area (Å²) in [5, 5.41) is 13.1. The van der Waals surface area contributed by atoms with Crippen LogP contribution in [0.5, 0.6) is 11.5 Å². The number of ether oxygens (including phenoxy) is 2. The molecular weight excluding hydrogens is 516 g/mol. The van der Waals surface area contributed by atoms with Crippen molar-refractivity contribution >= 4 is 45.2 Å². The second kappa shape index (κ2) is 12.3. The van der Waals surface area contributed by atoms with Gasteiger partial charge in [-0.15, -0.1) is 0 Å². The molecule has 3 aromatic rings. The molecule has 0 aliphatic rings. The highest BCUT2D eigenvalue weighted by atomic mass is 79.9. The number of anilines is 1. The highest BCUT2D eigenvalue weighted by Crippen LogP contribution is 2.38. The van der Waals surface area contributed by atoms with Crippen LogP contribution in [0.1, 0.15) is 30.5 Å². The second-order valence-corrected chi connectivity index (χ2v) is 8.60. The van der Waals surface area contributed by atoms with Crippen LogP contribution in [-0.2, 0) is 17.8 Å². The number of amides is 1. The zero-order valence-electron chi connectivity index (χ0n) is 18.9. The summed E-state index contributed by atoms with van der Waals surface area (Å²) in [6, 6.07) is 20.4. The maximum atomic E-state index is 12.8. The van der Waals surface area contributed by atoms with Crippen LogP contribution in [-0.4, -0.2) is 12.5 Å². The molecule has 3 aromatic carbocycles. The molecule has 0 atom stereocenters. The number of nitrogens with one attached hydrogen (secondary N) is 1. The minimum atomic E-state index is -0.472. The molecule has 7 heteroatoms. The van der Waals surface area contributed by atoms with Gasteiger partial charge in [-0.05, 0) is 82.4 Å². The third-order valence-electron chi connectivity index (χ3n) is 4.95. The van der Waals surface area contributed by atoms with E-state index < -0.39 is 5.91 Å². The van der Waals surface area contributed by atoms with Gasteiger partial charge in [0.1, 0.15) is 18.2 Å². The van der Waals surface area contributed by atoms with Crippen molar-refractivity contribution in [2.45, 2.75) is 26.9 Å². The Morgan fingerprint density at radius 2 is 1.85 bits per heavy atom. The molecule has 0 heterocycles. The van der Waals surface area contributed by atoms with Crippen molar-refractivity contribution in [1.29, 1.82) is 5.26 Å². The van der Waals surface area contributed by atoms with Crippen LogP contribution in [0, 0.1) is 11.3 Å². The van der Waals surface area contributed by atoms with Crippen molar-refractivity contribution in [1.82, 2.24) is 0 Å². The summed E-state index contributed by atoms with van der Waals surface area (Å²) in [4.78, 5) is 12.8. The lowest BCUT2D eigenvalue weighted by molar-refractivity contribution is -0.112. The predicted molar refractivity (Wildman–Crippen MR) is 139 cm³/mol. The molecule has 34 heavy (non-hydrogen) atoms. The molecule has 0 radical (unpaired) electrons. The summed E-state index contributed by atoms with van der Waals surface area (Å²) < 4.78 is 12.4. The van der Waals surface area contributed by atoms with Gasteiger partial charge in [-0.3, -0.25) is 4.79 Å². The van der Waals surface area contributed by atoms with E-state index in [1.807, 2.05) is 56.3 Å². The lowest BCUT2D eigenvalue weighted by Gasteiger charge is -2.15. The summed E-state index contributed by atoms with van der Waals surface area (Å²) in [5.41, 5.74) is 3.26. The molecule has 0 spiro atoms. The molecule has 3 rings (SSSR count). The van der Waals surface area contributed by atoms with Gasteiger partial charge in [-0.25, -0.2) is 0 Å². The van der Waals surface area contributed by atoms with Crippen LogP contribution in [0.15, 0.2) is 70.7 Å². The van der Waals surface area contributed by atoms with E-state index in [2.05, 4.69) is 21.2 Å². The van der Waals surface area contributed by atoms with Gasteiger partial charge in [0.2, 0.25) is 0 Å². The van der Waals surface area contributed by atoms with E-state index in [4.69, 9.17) is 21.1 Å². The number of hydrogen-bond donors (Lipinski definition) is 1. The number of halogens is 2. The van der Waals surface area contributed by atoms with Gasteiger partial charge in [0.25, 0.3) is 5.91 Å². The molecule has 0 aromatic heterocycles. The minimum Gasteiger partial charge on any atom is -0.490 e. The van der Waals surface area contributed by atoms with Crippen LogP contribution in [0.3, 0.4) is 0 Å². The number of nitrogens with zero attached hydrogens (tertiary/aromatic N) is 1. The highest BCUT2D eigenvalue weighted by molar-refractivity contribution is 9.10. The maximum absolute atomic E-state index is 12.8.